The van der Waals surface area contributed by atoms with Gasteiger partial charge in [-0.05, 0) is 57.5 Å². The van der Waals surface area contributed by atoms with E-state index in [9.17, 15) is 0 Å². The molecule has 0 fully saturated rings. The number of guanidine groups is 1. The van der Waals surface area contributed by atoms with Gasteiger partial charge in [-0.25, -0.2) is 0 Å². The third-order valence-corrected chi connectivity index (χ3v) is 4.27. The fourth-order valence-corrected chi connectivity index (χ4v) is 2.74. The second-order valence-corrected chi connectivity index (χ2v) is 5.98. The summed E-state index contributed by atoms with van der Waals surface area (Å²) in [4.78, 5) is 7.14. The standard InChI is InChI=1S/C20H36N4O.HI/c1-5-21-20(22-15-10-11-17-24(6-2)7-3)23-16-14-18-12-8-9-13-19(18)25-4;/h8-9,12-13H,5-7,10-11,14-17H2,1-4H3,(H2,21,22,23);1H. The van der Waals surface area contributed by atoms with Gasteiger partial charge in [-0.3, -0.25) is 4.99 Å². The molecule has 2 N–H and O–H groups in total. The van der Waals surface area contributed by atoms with Gasteiger partial charge >= 0.3 is 0 Å². The Morgan fingerprint density at radius 2 is 1.81 bits per heavy atom. The lowest BCUT2D eigenvalue weighted by atomic mass is 10.1. The Morgan fingerprint density at radius 3 is 2.46 bits per heavy atom. The molecule has 0 amide bonds. The minimum absolute atomic E-state index is 0. The Hall–Kier alpha value is -1.02. The summed E-state index contributed by atoms with van der Waals surface area (Å²) in [6, 6.07) is 8.16. The van der Waals surface area contributed by atoms with Crippen LogP contribution in [0.25, 0.3) is 0 Å². The van der Waals surface area contributed by atoms with Crippen LogP contribution < -0.4 is 15.4 Å². The maximum atomic E-state index is 5.40. The monoisotopic (exact) mass is 476 g/mol. The van der Waals surface area contributed by atoms with Crippen LogP contribution in [0.3, 0.4) is 0 Å². The van der Waals surface area contributed by atoms with Gasteiger partial charge in [-0.15, -0.1) is 24.0 Å². The third kappa shape index (κ3) is 10.2. The summed E-state index contributed by atoms with van der Waals surface area (Å²) in [6.07, 6.45) is 3.24. The van der Waals surface area contributed by atoms with Crippen LogP contribution in [0.2, 0.25) is 0 Å². The average Bonchev–Trinajstić information content (AvgIpc) is 2.65. The van der Waals surface area contributed by atoms with E-state index in [1.54, 1.807) is 7.11 Å². The number of hydrogen-bond donors (Lipinski definition) is 2. The number of aliphatic imine (C=N–C) groups is 1. The second kappa shape index (κ2) is 16.2. The van der Waals surface area contributed by atoms with Gasteiger partial charge in [-0.1, -0.05) is 32.0 Å². The first-order valence-electron chi connectivity index (χ1n) is 9.61. The Balaban J connectivity index is 0.00000625. The van der Waals surface area contributed by atoms with Gasteiger partial charge in [0.25, 0.3) is 0 Å². The summed E-state index contributed by atoms with van der Waals surface area (Å²) in [5, 5.41) is 6.73. The van der Waals surface area contributed by atoms with Crippen molar-refractivity contribution in [2.75, 3.05) is 46.4 Å². The number of para-hydroxylation sites is 1. The molecule has 0 saturated carbocycles. The van der Waals surface area contributed by atoms with E-state index in [1.807, 2.05) is 18.2 Å². The van der Waals surface area contributed by atoms with Crippen molar-refractivity contribution in [2.24, 2.45) is 4.99 Å². The molecule has 150 valence electrons. The van der Waals surface area contributed by atoms with Gasteiger partial charge in [0.1, 0.15) is 5.75 Å². The molecule has 0 saturated heterocycles. The predicted molar refractivity (Wildman–Crippen MR) is 123 cm³/mol. The van der Waals surface area contributed by atoms with Gasteiger partial charge in [0.05, 0.1) is 7.11 Å². The molecule has 0 aromatic heterocycles. The highest BCUT2D eigenvalue weighted by molar-refractivity contribution is 14.0. The lowest BCUT2D eigenvalue weighted by Gasteiger charge is -2.17. The van der Waals surface area contributed by atoms with Gasteiger partial charge < -0.3 is 20.3 Å². The van der Waals surface area contributed by atoms with E-state index < -0.39 is 0 Å². The third-order valence-electron chi connectivity index (χ3n) is 4.27. The lowest BCUT2D eigenvalue weighted by molar-refractivity contribution is 0.297. The highest BCUT2D eigenvalue weighted by Crippen LogP contribution is 2.17. The molecule has 0 spiro atoms. The van der Waals surface area contributed by atoms with E-state index in [0.29, 0.717) is 0 Å². The number of unbranched alkanes of at least 4 members (excludes halogenated alkanes) is 1. The van der Waals surface area contributed by atoms with Crippen molar-refractivity contribution in [3.63, 3.8) is 0 Å². The maximum absolute atomic E-state index is 5.40. The SMILES string of the molecule is CCNC(=NCCCCN(CC)CC)NCCc1ccccc1OC.I. The van der Waals surface area contributed by atoms with Crippen LogP contribution in [0.4, 0.5) is 0 Å². The van der Waals surface area contributed by atoms with Gasteiger partial charge in [0, 0.05) is 19.6 Å². The van der Waals surface area contributed by atoms with Gasteiger partial charge in [-0.2, -0.15) is 0 Å². The Bertz CT molecular complexity index is 492. The Kier molecular flexibility index (Phi) is 15.5. The van der Waals surface area contributed by atoms with Crippen LogP contribution in [0, 0.1) is 0 Å². The topological polar surface area (TPSA) is 48.9 Å². The van der Waals surface area contributed by atoms with E-state index in [4.69, 9.17) is 4.74 Å². The molecule has 5 nitrogen and oxygen atoms in total. The zero-order valence-corrected chi connectivity index (χ0v) is 19.2. The zero-order chi connectivity index (χ0) is 18.3. The van der Waals surface area contributed by atoms with Crippen molar-refractivity contribution >= 4 is 29.9 Å². The number of hydrogen-bond acceptors (Lipinski definition) is 3. The summed E-state index contributed by atoms with van der Waals surface area (Å²) in [7, 11) is 1.72. The van der Waals surface area contributed by atoms with Crippen LogP contribution in [0.15, 0.2) is 29.3 Å². The van der Waals surface area contributed by atoms with Crippen molar-refractivity contribution in [1.82, 2.24) is 15.5 Å². The minimum atomic E-state index is 0. The first-order valence-corrected chi connectivity index (χ1v) is 9.61. The quantitative estimate of drug-likeness (QED) is 0.210. The Labute approximate surface area is 177 Å². The van der Waals surface area contributed by atoms with Crippen LogP contribution in [0.5, 0.6) is 5.75 Å². The van der Waals surface area contributed by atoms with E-state index in [1.165, 1.54) is 18.5 Å². The van der Waals surface area contributed by atoms with Gasteiger partial charge in [0.2, 0.25) is 0 Å². The summed E-state index contributed by atoms with van der Waals surface area (Å²) in [5.41, 5.74) is 1.22. The summed E-state index contributed by atoms with van der Waals surface area (Å²) in [5.74, 6) is 1.85. The van der Waals surface area contributed by atoms with E-state index in [-0.39, 0.29) is 24.0 Å². The lowest BCUT2D eigenvalue weighted by Crippen LogP contribution is -2.38. The maximum Gasteiger partial charge on any atom is 0.191 e. The zero-order valence-electron chi connectivity index (χ0n) is 16.9. The van der Waals surface area contributed by atoms with Crippen molar-refractivity contribution in [2.45, 2.75) is 40.0 Å². The molecule has 0 radical (unpaired) electrons. The number of methoxy groups -OCH3 is 1. The summed E-state index contributed by atoms with van der Waals surface area (Å²) < 4.78 is 5.40. The molecule has 0 heterocycles. The Morgan fingerprint density at radius 1 is 1.08 bits per heavy atom. The van der Waals surface area contributed by atoms with Crippen LogP contribution in [0.1, 0.15) is 39.2 Å². The van der Waals surface area contributed by atoms with E-state index in [0.717, 1.165) is 57.3 Å². The van der Waals surface area contributed by atoms with Crippen LogP contribution in [-0.4, -0.2) is 57.2 Å². The molecule has 0 bridgehead atoms. The molecule has 0 unspecified atom stereocenters. The fourth-order valence-electron chi connectivity index (χ4n) is 2.74. The van der Waals surface area contributed by atoms with Crippen molar-refractivity contribution < 1.29 is 4.74 Å². The predicted octanol–water partition coefficient (Wildman–Crippen LogP) is 3.53. The van der Waals surface area contributed by atoms with E-state index >= 15 is 0 Å². The summed E-state index contributed by atoms with van der Waals surface area (Å²) >= 11 is 0. The average molecular weight is 476 g/mol. The first kappa shape index (κ1) is 25.0. The molecule has 0 aliphatic rings. The molecular formula is C20H37IN4O. The highest BCUT2D eigenvalue weighted by atomic mass is 127. The molecular weight excluding hydrogens is 439 g/mol. The molecule has 6 heteroatoms. The molecule has 0 aliphatic carbocycles. The van der Waals surface area contributed by atoms with Crippen molar-refractivity contribution in [1.29, 1.82) is 0 Å². The largest absolute Gasteiger partial charge is 0.496 e. The van der Waals surface area contributed by atoms with Crippen LogP contribution in [-0.2, 0) is 6.42 Å². The molecule has 0 aliphatic heterocycles. The number of nitrogens with zero attached hydrogens (tertiary/aromatic N) is 2. The fraction of sp³-hybridized carbons (Fsp3) is 0.650. The van der Waals surface area contributed by atoms with E-state index in [2.05, 4.69) is 47.4 Å². The van der Waals surface area contributed by atoms with Crippen molar-refractivity contribution in [3.05, 3.63) is 29.8 Å². The molecule has 0 atom stereocenters. The number of rotatable bonds is 12. The molecule has 26 heavy (non-hydrogen) atoms. The highest BCUT2D eigenvalue weighted by Gasteiger charge is 2.03. The molecule has 1 aromatic carbocycles. The summed E-state index contributed by atoms with van der Waals surface area (Å²) in [6.45, 7) is 12.5. The first-order chi connectivity index (χ1) is 12.2. The van der Waals surface area contributed by atoms with Crippen LogP contribution >= 0.6 is 24.0 Å². The minimum Gasteiger partial charge on any atom is -0.496 e. The number of benzene rings is 1. The normalized spacial score (nSPS) is 11.2. The second-order valence-electron chi connectivity index (χ2n) is 5.98. The number of nitrogens with one attached hydrogen (secondary N) is 2. The number of ether oxygens (including phenoxy) is 1. The smallest absolute Gasteiger partial charge is 0.191 e. The molecule has 1 aromatic rings. The van der Waals surface area contributed by atoms with Gasteiger partial charge in [0.15, 0.2) is 5.96 Å². The van der Waals surface area contributed by atoms with Crippen molar-refractivity contribution in [3.8, 4) is 5.75 Å². The number of halogens is 1. The molecule has 1 rings (SSSR count).